The number of hydrogen-bond donors (Lipinski definition) is 3. The Morgan fingerprint density at radius 3 is 2.92 bits per heavy atom. The van der Waals surface area contributed by atoms with Crippen LogP contribution in [0.5, 0.6) is 0 Å². The fourth-order valence-corrected chi connectivity index (χ4v) is 1.37. The molecule has 4 heteroatoms. The minimum absolute atomic E-state index is 0.450. The molecular weight excluding hydrogens is 164 g/mol. The number of nitrogens with zero attached hydrogens (tertiary/aromatic N) is 1. The third-order valence-electron chi connectivity index (χ3n) is 2.00. The van der Waals surface area contributed by atoms with Crippen molar-refractivity contribution in [3.8, 4) is 11.3 Å². The minimum atomic E-state index is 0.450. The summed E-state index contributed by atoms with van der Waals surface area (Å²) in [7, 11) is 0. The molecule has 4 N–H and O–H groups in total. The van der Waals surface area contributed by atoms with Gasteiger partial charge in [0.2, 0.25) is 0 Å². The molecule has 0 spiro atoms. The number of aryl methyl sites for hydroxylation is 1. The Morgan fingerprint density at radius 2 is 2.38 bits per heavy atom. The second-order valence-electron chi connectivity index (χ2n) is 2.96. The second-order valence-corrected chi connectivity index (χ2v) is 2.96. The molecule has 0 aliphatic rings. The maximum Gasteiger partial charge on any atom is 0.120 e. The predicted octanol–water partition coefficient (Wildman–Crippen LogP) is 1.17. The average Bonchev–Trinajstić information content (AvgIpc) is 2.72. The largest absolute Gasteiger partial charge is 0.367 e. The van der Waals surface area contributed by atoms with Gasteiger partial charge in [0, 0.05) is 23.7 Å². The summed E-state index contributed by atoms with van der Waals surface area (Å²) in [6, 6.07) is 1.99. The second kappa shape index (κ2) is 3.06. The molecule has 0 amide bonds. The van der Waals surface area contributed by atoms with E-state index in [0.29, 0.717) is 6.54 Å². The van der Waals surface area contributed by atoms with Gasteiger partial charge in [-0.1, -0.05) is 0 Å². The van der Waals surface area contributed by atoms with Crippen LogP contribution in [0, 0.1) is 6.92 Å². The normalized spacial score (nSPS) is 10.6. The fraction of sp³-hybridized carbons (Fsp3) is 0.222. The molecule has 2 aromatic rings. The van der Waals surface area contributed by atoms with Gasteiger partial charge < -0.3 is 15.7 Å². The van der Waals surface area contributed by atoms with Gasteiger partial charge in [-0.05, 0) is 13.0 Å². The lowest BCUT2D eigenvalue weighted by molar-refractivity contribution is 0.944. The van der Waals surface area contributed by atoms with Gasteiger partial charge in [0.1, 0.15) is 5.82 Å². The van der Waals surface area contributed by atoms with E-state index < -0.39 is 0 Å². The molecular formula is C9H12N4. The topological polar surface area (TPSA) is 70.5 Å². The third-order valence-corrected chi connectivity index (χ3v) is 2.00. The van der Waals surface area contributed by atoms with Crippen molar-refractivity contribution < 1.29 is 0 Å². The third kappa shape index (κ3) is 1.36. The molecule has 0 bridgehead atoms. The van der Waals surface area contributed by atoms with Gasteiger partial charge in [-0.15, -0.1) is 0 Å². The maximum atomic E-state index is 5.48. The Bertz CT molecular complexity index is 386. The quantitative estimate of drug-likeness (QED) is 0.642. The molecule has 0 radical (unpaired) electrons. The summed E-state index contributed by atoms with van der Waals surface area (Å²) in [5.41, 5.74) is 8.60. The van der Waals surface area contributed by atoms with Gasteiger partial charge in [-0.3, -0.25) is 0 Å². The maximum absolute atomic E-state index is 5.48. The lowest BCUT2D eigenvalue weighted by Crippen LogP contribution is -1.97. The number of H-pyrrole nitrogens is 2. The molecule has 0 unspecified atom stereocenters. The molecule has 0 aliphatic carbocycles. The standard InChI is InChI=1S/C9H12N4/c1-6-9(7-2-3-11-5-7)13-8(4-10)12-6/h2-3,5,11H,4,10H2,1H3,(H,12,13). The summed E-state index contributed by atoms with van der Waals surface area (Å²) in [4.78, 5) is 10.5. The molecule has 0 atom stereocenters. The lowest BCUT2D eigenvalue weighted by atomic mass is 10.2. The van der Waals surface area contributed by atoms with Crippen LogP contribution in [0.4, 0.5) is 0 Å². The molecule has 0 fully saturated rings. The number of hydrogen-bond acceptors (Lipinski definition) is 2. The Labute approximate surface area is 76.2 Å². The zero-order valence-electron chi connectivity index (χ0n) is 7.46. The van der Waals surface area contributed by atoms with Crippen LogP contribution in [-0.4, -0.2) is 15.0 Å². The smallest absolute Gasteiger partial charge is 0.120 e. The molecule has 0 aromatic carbocycles. The van der Waals surface area contributed by atoms with E-state index in [2.05, 4.69) is 15.0 Å². The summed E-state index contributed by atoms with van der Waals surface area (Å²) < 4.78 is 0. The number of imidazole rings is 1. The van der Waals surface area contributed by atoms with Gasteiger partial charge in [-0.2, -0.15) is 0 Å². The van der Waals surface area contributed by atoms with Crippen LogP contribution < -0.4 is 5.73 Å². The highest BCUT2D eigenvalue weighted by Crippen LogP contribution is 2.19. The summed E-state index contributed by atoms with van der Waals surface area (Å²) in [5.74, 6) is 0.828. The first-order valence-electron chi connectivity index (χ1n) is 4.20. The van der Waals surface area contributed by atoms with Crippen molar-refractivity contribution in [1.29, 1.82) is 0 Å². The SMILES string of the molecule is Cc1[nH]c(CN)nc1-c1cc[nH]c1. The van der Waals surface area contributed by atoms with Gasteiger partial charge in [0.25, 0.3) is 0 Å². The molecule has 2 heterocycles. The lowest BCUT2D eigenvalue weighted by Gasteiger charge is -1.90. The number of nitrogens with two attached hydrogens (primary N) is 1. The van der Waals surface area contributed by atoms with Crippen LogP contribution in [0.3, 0.4) is 0 Å². The van der Waals surface area contributed by atoms with Crippen LogP contribution in [0.2, 0.25) is 0 Å². The first-order chi connectivity index (χ1) is 6.31. The number of nitrogens with one attached hydrogen (secondary N) is 2. The van der Waals surface area contributed by atoms with Crippen LogP contribution in [-0.2, 0) is 6.54 Å². The van der Waals surface area contributed by atoms with E-state index in [-0.39, 0.29) is 0 Å². The zero-order chi connectivity index (χ0) is 9.26. The van der Waals surface area contributed by atoms with E-state index in [1.165, 1.54) is 0 Å². The van der Waals surface area contributed by atoms with Crippen LogP contribution >= 0.6 is 0 Å². The number of aromatic nitrogens is 3. The first kappa shape index (κ1) is 8.07. The number of aromatic amines is 2. The summed E-state index contributed by atoms with van der Waals surface area (Å²) >= 11 is 0. The Kier molecular flexibility index (Phi) is 1.90. The van der Waals surface area contributed by atoms with E-state index in [9.17, 15) is 0 Å². The van der Waals surface area contributed by atoms with E-state index in [0.717, 1.165) is 22.8 Å². The van der Waals surface area contributed by atoms with Crippen molar-refractivity contribution in [1.82, 2.24) is 15.0 Å². The molecule has 0 aliphatic heterocycles. The molecule has 2 aromatic heterocycles. The van der Waals surface area contributed by atoms with Crippen LogP contribution in [0.15, 0.2) is 18.5 Å². The van der Waals surface area contributed by atoms with Crippen molar-refractivity contribution in [3.63, 3.8) is 0 Å². The molecule has 68 valence electrons. The van der Waals surface area contributed by atoms with Gasteiger partial charge >= 0.3 is 0 Å². The molecule has 2 rings (SSSR count). The van der Waals surface area contributed by atoms with Gasteiger partial charge in [0.15, 0.2) is 0 Å². The highest BCUT2D eigenvalue weighted by Gasteiger charge is 2.07. The van der Waals surface area contributed by atoms with Gasteiger partial charge in [-0.25, -0.2) is 4.98 Å². The van der Waals surface area contributed by atoms with E-state index in [1.54, 1.807) is 0 Å². The molecule has 0 saturated carbocycles. The Balaban J connectivity index is 2.46. The van der Waals surface area contributed by atoms with Crippen molar-refractivity contribution >= 4 is 0 Å². The van der Waals surface area contributed by atoms with Crippen molar-refractivity contribution in [2.45, 2.75) is 13.5 Å². The molecule has 13 heavy (non-hydrogen) atoms. The summed E-state index contributed by atoms with van der Waals surface area (Å²) in [5, 5.41) is 0. The van der Waals surface area contributed by atoms with E-state index >= 15 is 0 Å². The van der Waals surface area contributed by atoms with Crippen LogP contribution in [0.1, 0.15) is 11.5 Å². The highest BCUT2D eigenvalue weighted by molar-refractivity contribution is 5.60. The van der Waals surface area contributed by atoms with Crippen molar-refractivity contribution in [3.05, 3.63) is 30.0 Å². The Hall–Kier alpha value is -1.55. The number of rotatable bonds is 2. The van der Waals surface area contributed by atoms with Crippen LogP contribution in [0.25, 0.3) is 11.3 Å². The molecule has 4 nitrogen and oxygen atoms in total. The monoisotopic (exact) mass is 176 g/mol. The van der Waals surface area contributed by atoms with E-state index in [1.807, 2.05) is 25.4 Å². The molecule has 0 saturated heterocycles. The Morgan fingerprint density at radius 1 is 1.54 bits per heavy atom. The van der Waals surface area contributed by atoms with Crippen molar-refractivity contribution in [2.24, 2.45) is 5.73 Å². The highest BCUT2D eigenvalue weighted by atomic mass is 15.0. The van der Waals surface area contributed by atoms with Gasteiger partial charge in [0.05, 0.1) is 12.2 Å². The minimum Gasteiger partial charge on any atom is -0.367 e. The average molecular weight is 176 g/mol. The zero-order valence-corrected chi connectivity index (χ0v) is 7.46. The van der Waals surface area contributed by atoms with Crippen molar-refractivity contribution in [2.75, 3.05) is 0 Å². The van der Waals surface area contributed by atoms with E-state index in [4.69, 9.17) is 5.73 Å². The summed E-state index contributed by atoms with van der Waals surface area (Å²) in [6.07, 6.45) is 3.80. The summed E-state index contributed by atoms with van der Waals surface area (Å²) in [6.45, 7) is 2.44. The predicted molar refractivity (Wildman–Crippen MR) is 51.0 cm³/mol. The fourth-order valence-electron chi connectivity index (χ4n) is 1.37. The first-order valence-corrected chi connectivity index (χ1v) is 4.20.